The fourth-order valence-corrected chi connectivity index (χ4v) is 1.66. The lowest BCUT2D eigenvalue weighted by Gasteiger charge is -2.07. The third kappa shape index (κ3) is 4.68. The van der Waals surface area contributed by atoms with Gasteiger partial charge in [-0.15, -0.1) is 0 Å². The first-order chi connectivity index (χ1) is 7.99. The van der Waals surface area contributed by atoms with Crippen LogP contribution in [-0.2, 0) is 16.0 Å². The number of nitrogens with one attached hydrogen (secondary N) is 1. The van der Waals surface area contributed by atoms with Crippen LogP contribution in [0.1, 0.15) is 23.1 Å². The van der Waals surface area contributed by atoms with Crippen LogP contribution in [0.15, 0.2) is 18.2 Å². The number of hydrogen-bond acceptors (Lipinski definition) is 2. The van der Waals surface area contributed by atoms with Crippen molar-refractivity contribution in [3.63, 3.8) is 0 Å². The van der Waals surface area contributed by atoms with E-state index in [0.717, 1.165) is 6.42 Å². The van der Waals surface area contributed by atoms with Crippen LogP contribution in [0.25, 0.3) is 0 Å². The van der Waals surface area contributed by atoms with Crippen molar-refractivity contribution in [2.75, 3.05) is 6.54 Å². The first-order valence-electron chi connectivity index (χ1n) is 5.53. The molecule has 0 spiro atoms. The normalized spacial score (nSPS) is 10.0. The quantitative estimate of drug-likeness (QED) is 0.759. The number of hydrogen-bond donors (Lipinski definition) is 2. The average molecular weight is 235 g/mol. The first kappa shape index (κ1) is 13.2. The minimum absolute atomic E-state index is 0.442. The number of rotatable bonds is 5. The van der Waals surface area contributed by atoms with E-state index in [2.05, 4.69) is 11.4 Å². The van der Waals surface area contributed by atoms with Crippen LogP contribution < -0.4 is 5.32 Å². The maximum Gasteiger partial charge on any atom is 0.312 e. The molecular formula is C13H17NO3. The van der Waals surface area contributed by atoms with Crippen molar-refractivity contribution in [3.05, 3.63) is 34.9 Å². The number of aliphatic carboxylic acids is 1. The second kappa shape index (κ2) is 6.03. The Morgan fingerprint density at radius 2 is 2.00 bits per heavy atom. The molecule has 0 fully saturated rings. The summed E-state index contributed by atoms with van der Waals surface area (Å²) in [5.74, 6) is -1.55. The highest BCUT2D eigenvalue weighted by Gasteiger charge is 2.06. The molecule has 92 valence electrons. The van der Waals surface area contributed by atoms with Crippen LogP contribution in [0.2, 0.25) is 0 Å². The topological polar surface area (TPSA) is 66.4 Å². The zero-order chi connectivity index (χ0) is 12.8. The number of benzene rings is 1. The van der Waals surface area contributed by atoms with Gasteiger partial charge in [0.1, 0.15) is 6.42 Å². The smallest absolute Gasteiger partial charge is 0.312 e. The minimum atomic E-state index is -1.10. The summed E-state index contributed by atoms with van der Waals surface area (Å²) in [6.07, 6.45) is 0.254. The molecule has 0 saturated carbocycles. The van der Waals surface area contributed by atoms with E-state index in [0.29, 0.717) is 6.54 Å². The molecule has 4 heteroatoms. The third-order valence-corrected chi connectivity index (χ3v) is 2.53. The minimum Gasteiger partial charge on any atom is -0.481 e. The lowest BCUT2D eigenvalue weighted by Crippen LogP contribution is -2.27. The van der Waals surface area contributed by atoms with Crippen molar-refractivity contribution >= 4 is 11.9 Å². The molecule has 0 unspecified atom stereocenters. The van der Waals surface area contributed by atoms with E-state index in [1.165, 1.54) is 16.7 Å². The Morgan fingerprint density at radius 3 is 2.59 bits per heavy atom. The summed E-state index contributed by atoms with van der Waals surface area (Å²) < 4.78 is 0. The summed E-state index contributed by atoms with van der Waals surface area (Å²) in [7, 11) is 0. The van der Waals surface area contributed by atoms with E-state index in [-0.39, 0.29) is 0 Å². The van der Waals surface area contributed by atoms with Crippen LogP contribution in [0.3, 0.4) is 0 Å². The van der Waals surface area contributed by atoms with Crippen molar-refractivity contribution < 1.29 is 14.7 Å². The molecule has 0 aliphatic carbocycles. The van der Waals surface area contributed by atoms with Gasteiger partial charge in [0.05, 0.1) is 0 Å². The molecule has 1 amide bonds. The highest BCUT2D eigenvalue weighted by Crippen LogP contribution is 2.10. The Labute approximate surface area is 101 Å². The molecule has 0 aromatic heterocycles. The Balaban J connectivity index is 2.41. The SMILES string of the molecule is Cc1ccc(CCNC(=O)CC(=O)O)c(C)c1. The maximum absolute atomic E-state index is 11.1. The van der Waals surface area contributed by atoms with E-state index in [1.54, 1.807) is 0 Å². The van der Waals surface area contributed by atoms with Gasteiger partial charge in [0, 0.05) is 6.54 Å². The number of carbonyl (C=O) groups is 2. The van der Waals surface area contributed by atoms with Crippen molar-refractivity contribution in [1.82, 2.24) is 5.32 Å². The zero-order valence-corrected chi connectivity index (χ0v) is 10.1. The fraction of sp³-hybridized carbons (Fsp3) is 0.385. The summed E-state index contributed by atoms with van der Waals surface area (Å²) in [4.78, 5) is 21.4. The molecular weight excluding hydrogens is 218 g/mol. The highest BCUT2D eigenvalue weighted by molar-refractivity contribution is 5.93. The van der Waals surface area contributed by atoms with E-state index in [9.17, 15) is 9.59 Å². The summed E-state index contributed by atoms with van der Waals surface area (Å²) in [5.41, 5.74) is 3.57. The van der Waals surface area contributed by atoms with E-state index < -0.39 is 18.3 Å². The van der Waals surface area contributed by atoms with Gasteiger partial charge in [-0.1, -0.05) is 23.8 Å². The van der Waals surface area contributed by atoms with Crippen LogP contribution in [0.5, 0.6) is 0 Å². The maximum atomic E-state index is 11.1. The van der Waals surface area contributed by atoms with Crippen LogP contribution in [-0.4, -0.2) is 23.5 Å². The summed E-state index contributed by atoms with van der Waals surface area (Å²) >= 11 is 0. The van der Waals surface area contributed by atoms with Gasteiger partial charge in [-0.2, -0.15) is 0 Å². The van der Waals surface area contributed by atoms with Gasteiger partial charge in [-0.3, -0.25) is 9.59 Å². The van der Waals surface area contributed by atoms with Gasteiger partial charge in [-0.05, 0) is 31.4 Å². The molecule has 0 heterocycles. The number of carboxylic acid groups (broad SMARTS) is 1. The monoisotopic (exact) mass is 235 g/mol. The zero-order valence-electron chi connectivity index (χ0n) is 10.1. The van der Waals surface area contributed by atoms with Crippen LogP contribution >= 0.6 is 0 Å². The first-order valence-corrected chi connectivity index (χ1v) is 5.53. The summed E-state index contributed by atoms with van der Waals surface area (Å²) in [6, 6.07) is 6.16. The van der Waals surface area contributed by atoms with Crippen LogP contribution in [0.4, 0.5) is 0 Å². The number of carbonyl (C=O) groups excluding carboxylic acids is 1. The molecule has 0 radical (unpaired) electrons. The molecule has 0 aliphatic rings. The second-order valence-corrected chi connectivity index (χ2v) is 4.10. The number of carboxylic acids is 1. The predicted octanol–water partition coefficient (Wildman–Crippen LogP) is 1.44. The number of aryl methyl sites for hydroxylation is 2. The standard InChI is InChI=1S/C13H17NO3/c1-9-3-4-11(10(2)7-9)5-6-14-12(15)8-13(16)17/h3-4,7H,5-6,8H2,1-2H3,(H,14,15)(H,16,17). The lowest BCUT2D eigenvalue weighted by molar-refractivity contribution is -0.140. The Bertz CT molecular complexity index is 427. The molecule has 1 rings (SSSR count). The molecule has 1 aromatic carbocycles. The molecule has 2 N–H and O–H groups in total. The fourth-order valence-electron chi connectivity index (χ4n) is 1.66. The lowest BCUT2D eigenvalue weighted by atomic mass is 10.0. The molecule has 0 aliphatic heterocycles. The predicted molar refractivity (Wildman–Crippen MR) is 64.9 cm³/mol. The number of amides is 1. The summed E-state index contributed by atoms with van der Waals surface area (Å²) in [6.45, 7) is 4.53. The molecule has 0 atom stereocenters. The van der Waals surface area contributed by atoms with Gasteiger partial charge in [0.15, 0.2) is 0 Å². The summed E-state index contributed by atoms with van der Waals surface area (Å²) in [5, 5.41) is 11.0. The Morgan fingerprint density at radius 1 is 1.29 bits per heavy atom. The molecule has 17 heavy (non-hydrogen) atoms. The van der Waals surface area contributed by atoms with E-state index >= 15 is 0 Å². The van der Waals surface area contributed by atoms with Crippen molar-refractivity contribution in [1.29, 1.82) is 0 Å². The van der Waals surface area contributed by atoms with E-state index in [1.807, 2.05) is 26.0 Å². The van der Waals surface area contributed by atoms with Gasteiger partial charge < -0.3 is 10.4 Å². The van der Waals surface area contributed by atoms with Crippen molar-refractivity contribution in [2.45, 2.75) is 26.7 Å². The molecule has 0 bridgehead atoms. The highest BCUT2D eigenvalue weighted by atomic mass is 16.4. The van der Waals surface area contributed by atoms with Crippen molar-refractivity contribution in [3.8, 4) is 0 Å². The largest absolute Gasteiger partial charge is 0.481 e. The van der Waals surface area contributed by atoms with Crippen molar-refractivity contribution in [2.24, 2.45) is 0 Å². The Hall–Kier alpha value is -1.84. The van der Waals surface area contributed by atoms with Gasteiger partial charge in [0.2, 0.25) is 5.91 Å². The molecule has 0 saturated heterocycles. The van der Waals surface area contributed by atoms with E-state index in [4.69, 9.17) is 5.11 Å². The Kier molecular flexibility index (Phi) is 4.69. The average Bonchev–Trinajstić information content (AvgIpc) is 2.20. The van der Waals surface area contributed by atoms with Gasteiger partial charge >= 0.3 is 5.97 Å². The third-order valence-electron chi connectivity index (χ3n) is 2.53. The van der Waals surface area contributed by atoms with Crippen LogP contribution in [0, 0.1) is 13.8 Å². The van der Waals surface area contributed by atoms with Gasteiger partial charge in [0.25, 0.3) is 0 Å². The second-order valence-electron chi connectivity index (χ2n) is 4.10. The molecule has 1 aromatic rings. The van der Waals surface area contributed by atoms with Gasteiger partial charge in [-0.25, -0.2) is 0 Å². The molecule has 4 nitrogen and oxygen atoms in total.